The van der Waals surface area contributed by atoms with Crippen molar-refractivity contribution in [1.29, 1.82) is 0 Å². The summed E-state index contributed by atoms with van der Waals surface area (Å²) in [6.45, 7) is 4.34. The van der Waals surface area contributed by atoms with Crippen molar-refractivity contribution in [3.63, 3.8) is 0 Å². The number of hydrogen-bond acceptors (Lipinski definition) is 3. The lowest BCUT2D eigenvalue weighted by atomic mass is 10.1. The van der Waals surface area contributed by atoms with Gasteiger partial charge >= 0.3 is 0 Å². The average molecular weight is 382 g/mol. The van der Waals surface area contributed by atoms with Crippen LogP contribution in [0.25, 0.3) is 11.8 Å². The predicted octanol–water partition coefficient (Wildman–Crippen LogP) is 3.62. The molecular formula is C21H23N3O2S. The number of nitrogens with one attached hydrogen (secondary N) is 1. The van der Waals surface area contributed by atoms with Crippen molar-refractivity contribution in [2.75, 3.05) is 6.54 Å². The highest BCUT2D eigenvalue weighted by Gasteiger charge is 2.06. The van der Waals surface area contributed by atoms with Crippen LogP contribution in [0.15, 0.2) is 66.1 Å². The van der Waals surface area contributed by atoms with Crippen LogP contribution in [0.2, 0.25) is 0 Å². The van der Waals surface area contributed by atoms with E-state index in [9.17, 15) is 8.42 Å². The Bertz CT molecular complexity index is 1020. The van der Waals surface area contributed by atoms with Gasteiger partial charge in [-0.05, 0) is 55.7 Å². The van der Waals surface area contributed by atoms with E-state index < -0.39 is 10.0 Å². The summed E-state index contributed by atoms with van der Waals surface area (Å²) in [6, 6.07) is 19.4. The Balaban J connectivity index is 1.55. The average Bonchev–Trinajstić information content (AvgIpc) is 3.00. The Morgan fingerprint density at radius 1 is 1.04 bits per heavy atom. The molecule has 1 aromatic heterocycles. The van der Waals surface area contributed by atoms with Gasteiger partial charge in [-0.25, -0.2) is 17.8 Å². The van der Waals surface area contributed by atoms with E-state index in [4.69, 9.17) is 0 Å². The molecular weight excluding hydrogens is 358 g/mol. The molecule has 0 aliphatic carbocycles. The molecule has 0 radical (unpaired) electrons. The van der Waals surface area contributed by atoms with Gasteiger partial charge in [0.05, 0.1) is 11.4 Å². The van der Waals surface area contributed by atoms with E-state index >= 15 is 0 Å². The van der Waals surface area contributed by atoms with Crippen molar-refractivity contribution in [3.05, 3.63) is 88.6 Å². The molecule has 2 aromatic carbocycles. The summed E-state index contributed by atoms with van der Waals surface area (Å²) in [4.78, 5) is 0. The second-order valence-electron chi connectivity index (χ2n) is 6.41. The lowest BCUT2D eigenvalue weighted by Gasteiger charge is -2.07. The minimum absolute atomic E-state index is 0.348. The highest BCUT2D eigenvalue weighted by atomic mass is 32.2. The Morgan fingerprint density at radius 3 is 2.37 bits per heavy atom. The summed E-state index contributed by atoms with van der Waals surface area (Å²) in [7, 11) is -3.45. The van der Waals surface area contributed by atoms with Crippen LogP contribution in [0.3, 0.4) is 0 Å². The fourth-order valence-electron chi connectivity index (χ4n) is 2.81. The minimum Gasteiger partial charge on any atom is -0.238 e. The zero-order chi connectivity index (χ0) is 19.3. The number of sulfonamides is 1. The van der Waals surface area contributed by atoms with Gasteiger partial charge in [-0.15, -0.1) is 0 Å². The summed E-state index contributed by atoms with van der Waals surface area (Å²) in [5.41, 5.74) is 4.97. The van der Waals surface area contributed by atoms with Gasteiger partial charge in [-0.1, -0.05) is 42.5 Å². The fourth-order valence-corrected chi connectivity index (χ4v) is 3.63. The second-order valence-corrected chi connectivity index (χ2v) is 8.06. The van der Waals surface area contributed by atoms with Gasteiger partial charge < -0.3 is 0 Å². The van der Waals surface area contributed by atoms with Crippen LogP contribution in [0.1, 0.15) is 22.5 Å². The van der Waals surface area contributed by atoms with Gasteiger partial charge in [-0.2, -0.15) is 5.10 Å². The molecule has 0 fully saturated rings. The first-order valence-corrected chi connectivity index (χ1v) is 10.3. The van der Waals surface area contributed by atoms with Crippen molar-refractivity contribution >= 4 is 16.1 Å². The third-order valence-corrected chi connectivity index (χ3v) is 5.25. The van der Waals surface area contributed by atoms with Gasteiger partial charge in [0, 0.05) is 17.6 Å². The Morgan fingerprint density at radius 2 is 1.74 bits per heavy atom. The second kappa shape index (κ2) is 8.33. The van der Waals surface area contributed by atoms with Crippen molar-refractivity contribution in [1.82, 2.24) is 14.5 Å². The van der Waals surface area contributed by atoms with Crippen LogP contribution in [0, 0.1) is 13.8 Å². The molecule has 0 aliphatic heterocycles. The molecule has 0 saturated heterocycles. The summed E-state index contributed by atoms with van der Waals surface area (Å²) in [5, 5.41) is 5.67. The Labute approximate surface area is 160 Å². The number of benzene rings is 2. The van der Waals surface area contributed by atoms with Crippen LogP contribution in [-0.2, 0) is 16.4 Å². The first-order chi connectivity index (χ1) is 12.9. The topological polar surface area (TPSA) is 64.0 Å². The van der Waals surface area contributed by atoms with E-state index in [0.29, 0.717) is 13.0 Å². The van der Waals surface area contributed by atoms with Crippen LogP contribution in [-0.4, -0.2) is 24.7 Å². The highest BCUT2D eigenvalue weighted by molar-refractivity contribution is 7.92. The number of aryl methyl sites for hydroxylation is 2. The minimum atomic E-state index is -3.45. The van der Waals surface area contributed by atoms with Crippen LogP contribution < -0.4 is 4.72 Å². The zero-order valence-electron chi connectivity index (χ0n) is 15.5. The number of aromatic nitrogens is 2. The molecule has 3 aromatic rings. The van der Waals surface area contributed by atoms with E-state index in [1.165, 1.54) is 5.41 Å². The molecule has 1 N–H and O–H groups in total. The molecule has 0 atom stereocenters. The van der Waals surface area contributed by atoms with Gasteiger partial charge in [0.2, 0.25) is 10.0 Å². The normalized spacial score (nSPS) is 11.9. The quantitative estimate of drug-likeness (QED) is 0.680. The Hall–Kier alpha value is -2.70. The summed E-state index contributed by atoms with van der Waals surface area (Å²) in [5.74, 6) is 0. The molecule has 6 heteroatoms. The predicted molar refractivity (Wildman–Crippen MR) is 109 cm³/mol. The number of hydrogen-bond donors (Lipinski definition) is 1. The maximum Gasteiger partial charge on any atom is 0.233 e. The van der Waals surface area contributed by atoms with E-state index in [-0.39, 0.29) is 0 Å². The summed E-state index contributed by atoms with van der Waals surface area (Å²) >= 11 is 0. The van der Waals surface area contributed by atoms with Crippen molar-refractivity contribution in [2.24, 2.45) is 0 Å². The molecule has 0 aliphatic rings. The lowest BCUT2D eigenvalue weighted by molar-refractivity contribution is 0.591. The third-order valence-electron chi connectivity index (χ3n) is 4.15. The first kappa shape index (κ1) is 19.1. The molecule has 1 heterocycles. The van der Waals surface area contributed by atoms with Crippen LogP contribution in [0.5, 0.6) is 0 Å². The first-order valence-electron chi connectivity index (χ1n) is 8.78. The zero-order valence-corrected chi connectivity index (χ0v) is 16.3. The largest absolute Gasteiger partial charge is 0.238 e. The van der Waals surface area contributed by atoms with Gasteiger partial charge in [0.15, 0.2) is 0 Å². The molecule has 3 rings (SSSR count). The summed E-state index contributed by atoms with van der Waals surface area (Å²) < 4.78 is 28.6. The smallest absolute Gasteiger partial charge is 0.233 e. The highest BCUT2D eigenvalue weighted by Crippen LogP contribution is 2.13. The maximum atomic E-state index is 12.1. The van der Waals surface area contributed by atoms with Crippen molar-refractivity contribution in [2.45, 2.75) is 20.3 Å². The van der Waals surface area contributed by atoms with E-state index in [1.807, 2.05) is 79.2 Å². The van der Waals surface area contributed by atoms with Crippen molar-refractivity contribution in [3.8, 4) is 5.69 Å². The lowest BCUT2D eigenvalue weighted by Crippen LogP contribution is -2.23. The molecule has 0 spiro atoms. The maximum absolute atomic E-state index is 12.1. The summed E-state index contributed by atoms with van der Waals surface area (Å²) in [6.07, 6.45) is 2.21. The van der Waals surface area contributed by atoms with E-state index in [1.54, 1.807) is 6.08 Å². The molecule has 0 unspecified atom stereocenters. The number of nitrogens with zero attached hydrogens (tertiary/aromatic N) is 2. The monoisotopic (exact) mass is 381 g/mol. The van der Waals surface area contributed by atoms with E-state index in [2.05, 4.69) is 9.82 Å². The number of rotatable bonds is 7. The van der Waals surface area contributed by atoms with Gasteiger partial charge in [0.25, 0.3) is 0 Å². The fraction of sp³-hybridized carbons (Fsp3) is 0.190. The van der Waals surface area contributed by atoms with Gasteiger partial charge in [0.1, 0.15) is 0 Å². The SMILES string of the molecule is Cc1cc(C)n(-c2ccc(CCNS(=O)(=O)/C=C/c3ccccc3)cc2)n1. The van der Waals surface area contributed by atoms with E-state index in [0.717, 1.165) is 28.2 Å². The standard InChI is InChI=1S/C21H23N3O2S/c1-17-16-18(2)24(23-17)21-10-8-20(9-11-21)12-14-22-27(25,26)15-13-19-6-4-3-5-7-19/h3-11,13,15-16,22H,12,14H2,1-2H3/b15-13+. The van der Waals surface area contributed by atoms with Gasteiger partial charge in [-0.3, -0.25) is 0 Å². The molecule has 140 valence electrons. The molecule has 0 saturated carbocycles. The molecule has 0 amide bonds. The van der Waals surface area contributed by atoms with Crippen molar-refractivity contribution < 1.29 is 8.42 Å². The Kier molecular flexibility index (Phi) is 5.88. The van der Waals surface area contributed by atoms with Crippen LogP contribution >= 0.6 is 0 Å². The molecule has 0 bridgehead atoms. The molecule has 27 heavy (non-hydrogen) atoms. The van der Waals surface area contributed by atoms with Crippen LogP contribution in [0.4, 0.5) is 0 Å². The third kappa shape index (κ3) is 5.39. The molecule has 5 nitrogen and oxygen atoms in total.